The highest BCUT2D eigenvalue weighted by Gasteiger charge is 2.44. The minimum Gasteiger partial charge on any atom is -0.427 e. The zero-order chi connectivity index (χ0) is 22.9. The number of hydrogen-bond donors (Lipinski definition) is 1. The van der Waals surface area contributed by atoms with Gasteiger partial charge in [0.25, 0.3) is 11.9 Å². The molecule has 6 nitrogen and oxygen atoms in total. The minimum atomic E-state index is -4.72. The lowest BCUT2D eigenvalue weighted by molar-refractivity contribution is -0.253. The number of para-hydroxylation sites is 2. The number of nitrogens with one attached hydrogen (secondary N) is 1. The van der Waals surface area contributed by atoms with Gasteiger partial charge >= 0.3 is 12.5 Å². The van der Waals surface area contributed by atoms with E-state index in [0.29, 0.717) is 31.6 Å². The number of rotatable bonds is 7. The molecule has 0 aliphatic carbocycles. The van der Waals surface area contributed by atoms with E-state index in [4.69, 9.17) is 4.42 Å². The molecule has 2 aromatic carbocycles. The van der Waals surface area contributed by atoms with Crippen LogP contribution in [-0.2, 0) is 0 Å². The average molecular weight is 455 g/mol. The summed E-state index contributed by atoms with van der Waals surface area (Å²) in [5.41, 5.74) is 0.180. The lowest BCUT2D eigenvalue weighted by Gasteiger charge is -2.21. The van der Waals surface area contributed by atoms with Gasteiger partial charge in [-0.05, 0) is 36.6 Å². The number of benzene rings is 2. The van der Waals surface area contributed by atoms with Gasteiger partial charge in [-0.3, -0.25) is 4.79 Å². The van der Waals surface area contributed by atoms with Gasteiger partial charge in [0.15, 0.2) is 11.4 Å². The second kappa shape index (κ2) is 8.64. The molecule has 3 aromatic rings. The Kier molecular flexibility index (Phi) is 5.90. The molecule has 4 rings (SSSR count). The van der Waals surface area contributed by atoms with E-state index < -0.39 is 30.0 Å². The fourth-order valence-corrected chi connectivity index (χ4v) is 3.50. The first-order valence-electron chi connectivity index (χ1n) is 9.77. The molecule has 1 saturated heterocycles. The number of ether oxygens (including phenoxy) is 1. The molecular weight excluding hydrogens is 437 g/mol. The summed E-state index contributed by atoms with van der Waals surface area (Å²) in [7, 11) is 0. The molecule has 1 amide bonds. The first-order valence-corrected chi connectivity index (χ1v) is 9.77. The molecule has 2 heterocycles. The average Bonchev–Trinajstić information content (AvgIpc) is 3.39. The number of fused-ring (bicyclic) bond motifs is 1. The maximum Gasteiger partial charge on any atom is 0.461 e. The molecule has 11 heteroatoms. The second-order valence-corrected chi connectivity index (χ2v) is 7.35. The Morgan fingerprint density at radius 2 is 2.03 bits per heavy atom. The Morgan fingerprint density at radius 1 is 1.25 bits per heavy atom. The van der Waals surface area contributed by atoms with Crippen LogP contribution in [-0.4, -0.2) is 48.0 Å². The Labute approximate surface area is 179 Å². The van der Waals surface area contributed by atoms with Crippen molar-refractivity contribution in [2.24, 2.45) is 5.92 Å². The summed E-state index contributed by atoms with van der Waals surface area (Å²) in [4.78, 5) is 18.4. The summed E-state index contributed by atoms with van der Waals surface area (Å²) >= 11 is 0. The van der Waals surface area contributed by atoms with Gasteiger partial charge in [-0.2, -0.15) is 22.5 Å². The lowest BCUT2D eigenvalue weighted by Crippen LogP contribution is -2.35. The number of nitrogens with zero attached hydrogens (tertiary/aromatic N) is 2. The van der Waals surface area contributed by atoms with Crippen LogP contribution in [0.3, 0.4) is 0 Å². The van der Waals surface area contributed by atoms with E-state index in [0.717, 1.165) is 6.07 Å². The molecule has 0 bridgehead atoms. The van der Waals surface area contributed by atoms with Gasteiger partial charge < -0.3 is 19.4 Å². The summed E-state index contributed by atoms with van der Waals surface area (Å²) in [5.74, 6) is -1.76. The molecule has 1 aliphatic heterocycles. The monoisotopic (exact) mass is 455 g/mol. The molecule has 1 atom stereocenters. The van der Waals surface area contributed by atoms with Crippen LogP contribution in [0.25, 0.3) is 11.1 Å². The quantitative estimate of drug-likeness (QED) is 0.520. The van der Waals surface area contributed by atoms with Gasteiger partial charge in [-0.15, -0.1) is 0 Å². The van der Waals surface area contributed by atoms with E-state index in [2.05, 4.69) is 15.0 Å². The van der Waals surface area contributed by atoms with Crippen molar-refractivity contribution >= 4 is 23.0 Å². The van der Waals surface area contributed by atoms with E-state index >= 15 is 0 Å². The molecule has 32 heavy (non-hydrogen) atoms. The molecule has 1 N–H and O–H groups in total. The van der Waals surface area contributed by atoms with Crippen molar-refractivity contribution in [3.05, 3.63) is 53.8 Å². The van der Waals surface area contributed by atoms with E-state index in [9.17, 15) is 26.7 Å². The van der Waals surface area contributed by atoms with Crippen molar-refractivity contribution in [1.29, 1.82) is 0 Å². The van der Waals surface area contributed by atoms with E-state index in [1.54, 1.807) is 6.07 Å². The summed E-state index contributed by atoms with van der Waals surface area (Å²) in [6.45, 7) is 1.01. The van der Waals surface area contributed by atoms with Gasteiger partial charge in [-0.25, -0.2) is 4.39 Å². The predicted octanol–water partition coefficient (Wildman–Crippen LogP) is 4.78. The topological polar surface area (TPSA) is 67.6 Å². The van der Waals surface area contributed by atoms with Crippen LogP contribution in [0.2, 0.25) is 0 Å². The highest BCUT2D eigenvalue weighted by atomic mass is 19.3. The highest BCUT2D eigenvalue weighted by Crippen LogP contribution is 2.31. The van der Waals surface area contributed by atoms with Crippen molar-refractivity contribution in [2.45, 2.75) is 19.0 Å². The number of hydrogen-bond acceptors (Lipinski definition) is 5. The molecule has 170 valence electrons. The number of halogens is 5. The molecule has 1 unspecified atom stereocenters. The van der Waals surface area contributed by atoms with Gasteiger partial charge in [-0.1, -0.05) is 18.2 Å². The van der Waals surface area contributed by atoms with Crippen LogP contribution in [0.5, 0.6) is 5.75 Å². The molecule has 1 aliphatic rings. The van der Waals surface area contributed by atoms with Crippen LogP contribution in [0, 0.1) is 11.7 Å². The zero-order valence-electron chi connectivity index (χ0n) is 16.5. The maximum atomic E-state index is 13.7. The fraction of sp³-hybridized carbons (Fsp3) is 0.333. The molecular formula is C21H18F5N3O3. The zero-order valence-corrected chi connectivity index (χ0v) is 16.5. The second-order valence-electron chi connectivity index (χ2n) is 7.35. The van der Waals surface area contributed by atoms with Crippen molar-refractivity contribution in [3.8, 4) is 5.75 Å². The first-order chi connectivity index (χ1) is 15.2. The third-order valence-electron chi connectivity index (χ3n) is 5.10. The fourth-order valence-electron chi connectivity index (χ4n) is 3.50. The van der Waals surface area contributed by atoms with Crippen LogP contribution < -0.4 is 10.1 Å². The normalized spacial score (nSPS) is 16.7. The minimum absolute atomic E-state index is 0.0191. The Balaban J connectivity index is 1.39. The first kappa shape index (κ1) is 21.8. The standard InChI is InChI=1S/C21H18F5N3O3/c22-14-5-3-6-15-17(14)31-20(28-15)27-10-12-8-9-29(11-12)18(30)13-4-1-2-7-16(13)32-21(25,26)19(23)24/h1-7,12,19H,8-11H2,(H,27,28). The number of oxazole rings is 1. The smallest absolute Gasteiger partial charge is 0.427 e. The molecule has 1 fully saturated rings. The molecule has 1 aromatic heterocycles. The molecule has 0 saturated carbocycles. The third kappa shape index (κ3) is 4.46. The Hall–Kier alpha value is -3.37. The van der Waals surface area contributed by atoms with Crippen molar-refractivity contribution in [2.75, 3.05) is 25.0 Å². The SMILES string of the molecule is O=C(c1ccccc1OC(F)(F)C(F)F)N1CCC(CNc2nc3cccc(F)c3o2)C1. The highest BCUT2D eigenvalue weighted by molar-refractivity contribution is 5.97. The number of aromatic nitrogens is 1. The van der Waals surface area contributed by atoms with E-state index in [-0.39, 0.29) is 23.1 Å². The van der Waals surface area contributed by atoms with Crippen molar-refractivity contribution in [3.63, 3.8) is 0 Å². The van der Waals surface area contributed by atoms with Gasteiger partial charge in [0.1, 0.15) is 11.3 Å². The van der Waals surface area contributed by atoms with E-state index in [1.807, 2.05) is 0 Å². The number of likely N-dealkylation sites (tertiary alicyclic amines) is 1. The summed E-state index contributed by atoms with van der Waals surface area (Å²) in [6.07, 6.45) is -8.15. The van der Waals surface area contributed by atoms with E-state index in [1.165, 1.54) is 35.2 Å². The number of carbonyl (C=O) groups is 1. The van der Waals surface area contributed by atoms with Gasteiger partial charge in [0.05, 0.1) is 5.56 Å². The van der Waals surface area contributed by atoms with Crippen LogP contribution >= 0.6 is 0 Å². The summed E-state index contributed by atoms with van der Waals surface area (Å²) in [5, 5.41) is 2.97. The third-order valence-corrected chi connectivity index (χ3v) is 5.10. The van der Waals surface area contributed by atoms with Crippen molar-refractivity contribution in [1.82, 2.24) is 9.88 Å². The van der Waals surface area contributed by atoms with Crippen LogP contribution in [0.15, 0.2) is 46.9 Å². The van der Waals surface area contributed by atoms with Crippen LogP contribution in [0.1, 0.15) is 16.8 Å². The molecule has 0 spiro atoms. The van der Waals surface area contributed by atoms with Crippen LogP contribution in [0.4, 0.5) is 28.0 Å². The Bertz CT molecular complexity index is 1120. The van der Waals surface area contributed by atoms with Crippen molar-refractivity contribution < 1.29 is 35.9 Å². The largest absolute Gasteiger partial charge is 0.461 e. The number of carbonyl (C=O) groups excluding carboxylic acids is 1. The summed E-state index contributed by atoms with van der Waals surface area (Å²) < 4.78 is 74.9. The maximum absolute atomic E-state index is 13.7. The Morgan fingerprint density at radius 3 is 2.78 bits per heavy atom. The number of alkyl halides is 4. The number of amides is 1. The van der Waals surface area contributed by atoms with Gasteiger partial charge in [0, 0.05) is 19.6 Å². The van der Waals surface area contributed by atoms with Gasteiger partial charge in [0.2, 0.25) is 0 Å². The lowest BCUT2D eigenvalue weighted by atomic mass is 10.1. The molecule has 0 radical (unpaired) electrons. The number of anilines is 1. The predicted molar refractivity (Wildman–Crippen MR) is 104 cm³/mol. The summed E-state index contributed by atoms with van der Waals surface area (Å²) in [6, 6.07) is 9.57.